The van der Waals surface area contributed by atoms with E-state index in [-0.39, 0.29) is 6.10 Å². The van der Waals surface area contributed by atoms with Gasteiger partial charge in [0.15, 0.2) is 0 Å². The van der Waals surface area contributed by atoms with E-state index in [9.17, 15) is 0 Å². The van der Waals surface area contributed by atoms with Crippen molar-refractivity contribution in [2.45, 2.75) is 12.6 Å². The Labute approximate surface area is 142 Å². The van der Waals surface area contributed by atoms with Crippen LogP contribution in [0.15, 0.2) is 52.3 Å². The van der Waals surface area contributed by atoms with Crippen LogP contribution in [0, 0.1) is 0 Å². The van der Waals surface area contributed by atoms with Crippen LogP contribution in [-0.4, -0.2) is 18.5 Å². The molecule has 0 spiro atoms. The Morgan fingerprint density at radius 3 is 2.82 bits per heavy atom. The van der Waals surface area contributed by atoms with Gasteiger partial charge in [-0.05, 0) is 36.0 Å². The third-order valence-corrected chi connectivity index (χ3v) is 5.73. The first kappa shape index (κ1) is 14.2. The lowest BCUT2D eigenvalue weighted by atomic mass is 10.1. The Morgan fingerprint density at radius 2 is 1.95 bits per heavy atom. The highest BCUT2D eigenvalue weighted by molar-refractivity contribution is 9.10. The second-order valence-corrected chi connectivity index (χ2v) is 7.55. The number of ether oxygens (including phenoxy) is 1. The molecule has 0 aliphatic carbocycles. The van der Waals surface area contributed by atoms with Crippen LogP contribution < -0.4 is 4.74 Å². The summed E-state index contributed by atoms with van der Waals surface area (Å²) in [5.74, 6) is 0.955. The Kier molecular flexibility index (Phi) is 3.68. The average Bonchev–Trinajstić information content (AvgIpc) is 2.98. The highest BCUT2D eigenvalue weighted by Crippen LogP contribution is 2.37. The van der Waals surface area contributed by atoms with Crippen LogP contribution >= 0.6 is 27.3 Å². The maximum Gasteiger partial charge on any atom is 0.137 e. The quantitative estimate of drug-likeness (QED) is 0.609. The molecule has 0 fully saturated rings. The van der Waals surface area contributed by atoms with Crippen molar-refractivity contribution in [1.29, 1.82) is 0 Å². The van der Waals surface area contributed by atoms with Crippen LogP contribution in [0.4, 0.5) is 0 Å². The number of rotatable bonds is 2. The predicted molar refractivity (Wildman–Crippen MR) is 95.7 cm³/mol. The Balaban J connectivity index is 1.75. The van der Waals surface area contributed by atoms with Crippen molar-refractivity contribution in [2.24, 2.45) is 0 Å². The average molecular weight is 374 g/mol. The lowest BCUT2D eigenvalue weighted by Gasteiger charge is -2.30. The van der Waals surface area contributed by atoms with E-state index in [0.717, 1.165) is 28.7 Å². The highest BCUT2D eigenvalue weighted by atomic mass is 79.9. The first-order valence-corrected chi connectivity index (χ1v) is 8.98. The zero-order valence-corrected chi connectivity index (χ0v) is 14.7. The van der Waals surface area contributed by atoms with Gasteiger partial charge in [-0.25, -0.2) is 0 Å². The molecule has 4 heteroatoms. The fourth-order valence-electron chi connectivity index (χ4n) is 3.05. The Bertz CT molecular complexity index is 829. The van der Waals surface area contributed by atoms with Gasteiger partial charge in [-0.3, -0.25) is 4.90 Å². The molecule has 112 valence electrons. The predicted octanol–water partition coefficient (Wildman–Crippen LogP) is 5.23. The monoisotopic (exact) mass is 373 g/mol. The third-order valence-electron chi connectivity index (χ3n) is 4.12. The number of nitrogens with zero attached hydrogens (tertiary/aromatic N) is 1. The minimum atomic E-state index is 0.101. The summed E-state index contributed by atoms with van der Waals surface area (Å²) in [5, 5.41) is 4.51. The molecule has 1 aliphatic heterocycles. The molecular formula is C18H16BrNOS. The summed E-state index contributed by atoms with van der Waals surface area (Å²) in [6.45, 7) is 1.95. The molecule has 2 aromatic carbocycles. The van der Waals surface area contributed by atoms with Crippen LogP contribution in [0.2, 0.25) is 0 Å². The van der Waals surface area contributed by atoms with Gasteiger partial charge in [-0.1, -0.05) is 40.2 Å². The van der Waals surface area contributed by atoms with Crippen molar-refractivity contribution >= 4 is 38.0 Å². The fourth-order valence-corrected chi connectivity index (χ4v) is 4.54. The van der Waals surface area contributed by atoms with Crippen LogP contribution in [-0.2, 0) is 6.54 Å². The molecule has 0 radical (unpaired) electrons. The number of halogens is 1. The third kappa shape index (κ3) is 2.45. The van der Waals surface area contributed by atoms with Crippen molar-refractivity contribution in [3.05, 3.63) is 62.8 Å². The van der Waals surface area contributed by atoms with Crippen molar-refractivity contribution in [2.75, 3.05) is 13.6 Å². The molecule has 0 bridgehead atoms. The van der Waals surface area contributed by atoms with Gasteiger partial charge in [0.2, 0.25) is 0 Å². The van der Waals surface area contributed by atoms with Gasteiger partial charge in [-0.2, -0.15) is 0 Å². The fraction of sp³-hybridized carbons (Fsp3) is 0.222. The van der Waals surface area contributed by atoms with E-state index in [4.69, 9.17) is 4.74 Å². The van der Waals surface area contributed by atoms with Gasteiger partial charge in [0.05, 0.1) is 0 Å². The van der Waals surface area contributed by atoms with E-state index in [0.29, 0.717) is 0 Å². The normalized spacial score (nSPS) is 18.4. The van der Waals surface area contributed by atoms with E-state index < -0.39 is 0 Å². The van der Waals surface area contributed by atoms with Gasteiger partial charge >= 0.3 is 0 Å². The van der Waals surface area contributed by atoms with Gasteiger partial charge in [0, 0.05) is 33.4 Å². The lowest BCUT2D eigenvalue weighted by Crippen LogP contribution is -2.32. The molecule has 0 saturated carbocycles. The topological polar surface area (TPSA) is 12.5 Å². The summed E-state index contributed by atoms with van der Waals surface area (Å²) < 4.78 is 7.53. The summed E-state index contributed by atoms with van der Waals surface area (Å²) in [6.07, 6.45) is 0.101. The van der Waals surface area contributed by atoms with E-state index >= 15 is 0 Å². The maximum absolute atomic E-state index is 6.42. The number of hydrogen-bond acceptors (Lipinski definition) is 3. The van der Waals surface area contributed by atoms with E-state index in [1.165, 1.54) is 15.8 Å². The molecule has 0 N–H and O–H groups in total. The minimum absolute atomic E-state index is 0.101. The van der Waals surface area contributed by atoms with Crippen LogP contribution in [0.5, 0.6) is 5.75 Å². The first-order valence-electron chi connectivity index (χ1n) is 7.31. The zero-order chi connectivity index (χ0) is 15.1. The number of benzene rings is 2. The number of fused-ring (bicyclic) bond motifs is 2. The molecule has 2 heterocycles. The molecule has 1 aliphatic rings. The van der Waals surface area contributed by atoms with Crippen LogP contribution in [0.3, 0.4) is 0 Å². The van der Waals surface area contributed by atoms with E-state index in [1.807, 2.05) is 11.3 Å². The Morgan fingerprint density at radius 1 is 1.14 bits per heavy atom. The van der Waals surface area contributed by atoms with E-state index in [1.54, 1.807) is 0 Å². The SMILES string of the molecule is CN1Cc2sccc2C(Oc2ccc(Br)c3ccccc23)C1. The Hall–Kier alpha value is -1.36. The smallest absolute Gasteiger partial charge is 0.137 e. The van der Waals surface area contributed by atoms with Crippen LogP contribution in [0.1, 0.15) is 16.5 Å². The maximum atomic E-state index is 6.42. The minimum Gasteiger partial charge on any atom is -0.484 e. The van der Waals surface area contributed by atoms with Gasteiger partial charge in [0.1, 0.15) is 11.9 Å². The summed E-state index contributed by atoms with van der Waals surface area (Å²) in [5.41, 5.74) is 1.34. The molecular weight excluding hydrogens is 358 g/mol. The lowest BCUT2D eigenvalue weighted by molar-refractivity contribution is 0.132. The molecule has 2 nitrogen and oxygen atoms in total. The van der Waals surface area contributed by atoms with Crippen LogP contribution in [0.25, 0.3) is 10.8 Å². The van der Waals surface area contributed by atoms with Gasteiger partial charge in [-0.15, -0.1) is 11.3 Å². The van der Waals surface area contributed by atoms with Crippen molar-refractivity contribution in [1.82, 2.24) is 4.90 Å². The second-order valence-electron chi connectivity index (χ2n) is 5.69. The molecule has 1 aromatic heterocycles. The highest BCUT2D eigenvalue weighted by Gasteiger charge is 2.26. The zero-order valence-electron chi connectivity index (χ0n) is 12.3. The number of hydrogen-bond donors (Lipinski definition) is 0. The molecule has 1 unspecified atom stereocenters. The molecule has 1 atom stereocenters. The van der Waals surface area contributed by atoms with E-state index in [2.05, 4.69) is 75.7 Å². The molecule has 4 rings (SSSR count). The van der Waals surface area contributed by atoms with Gasteiger partial charge in [0.25, 0.3) is 0 Å². The molecule has 3 aromatic rings. The van der Waals surface area contributed by atoms with Crippen molar-refractivity contribution < 1.29 is 4.74 Å². The van der Waals surface area contributed by atoms with Gasteiger partial charge < -0.3 is 4.74 Å². The molecule has 0 amide bonds. The summed E-state index contributed by atoms with van der Waals surface area (Å²) >= 11 is 5.44. The summed E-state index contributed by atoms with van der Waals surface area (Å²) in [4.78, 5) is 3.74. The number of thiophene rings is 1. The standard InChI is InChI=1S/C18H16BrNOS/c1-20-10-17(14-8-9-22-18(14)11-20)21-16-7-6-15(19)12-4-2-3-5-13(12)16/h2-9,17H,10-11H2,1H3. The van der Waals surface area contributed by atoms with Crippen molar-refractivity contribution in [3.63, 3.8) is 0 Å². The number of likely N-dealkylation sites (N-methyl/N-ethyl adjacent to an activating group) is 1. The largest absolute Gasteiger partial charge is 0.484 e. The summed E-state index contributed by atoms with van der Waals surface area (Å²) in [6, 6.07) is 14.7. The first-order chi connectivity index (χ1) is 10.7. The molecule has 0 saturated heterocycles. The summed E-state index contributed by atoms with van der Waals surface area (Å²) in [7, 11) is 2.15. The molecule has 22 heavy (non-hydrogen) atoms. The van der Waals surface area contributed by atoms with Crippen molar-refractivity contribution in [3.8, 4) is 5.75 Å². The second kappa shape index (κ2) is 5.69.